The van der Waals surface area contributed by atoms with Gasteiger partial charge in [0.2, 0.25) is 0 Å². The molecule has 6 nitrogen and oxygen atoms in total. The maximum Gasteiger partial charge on any atom is 0.292 e. The van der Waals surface area contributed by atoms with Gasteiger partial charge in [-0.05, 0) is 40.1 Å². The van der Waals surface area contributed by atoms with Crippen molar-refractivity contribution in [1.82, 2.24) is 0 Å². The van der Waals surface area contributed by atoms with Crippen molar-refractivity contribution in [2.75, 3.05) is 11.9 Å². The van der Waals surface area contributed by atoms with E-state index in [-0.39, 0.29) is 24.5 Å². The van der Waals surface area contributed by atoms with Crippen molar-refractivity contribution in [1.29, 1.82) is 0 Å². The molecule has 3 N–H and O–H groups in total. The second kappa shape index (κ2) is 7.29. The summed E-state index contributed by atoms with van der Waals surface area (Å²) in [4.78, 5) is 10.6. The molecule has 3 aromatic carbocycles. The summed E-state index contributed by atoms with van der Waals surface area (Å²) in [6.45, 7) is -0.0893. The summed E-state index contributed by atoms with van der Waals surface area (Å²) in [6, 6.07) is 17.9. The molecule has 0 heterocycles. The Labute approximate surface area is 144 Å². The highest BCUT2D eigenvalue weighted by atomic mass is 16.6. The summed E-state index contributed by atoms with van der Waals surface area (Å²) in [5, 5.41) is 35.8. The maximum absolute atomic E-state index is 11.1. The Morgan fingerprint density at radius 2 is 1.80 bits per heavy atom. The predicted octanol–water partition coefficient (Wildman–Crippen LogP) is 3.39. The van der Waals surface area contributed by atoms with Gasteiger partial charge in [0, 0.05) is 12.6 Å². The molecule has 0 aliphatic carbocycles. The normalized spacial score (nSPS) is 12.1. The highest BCUT2D eigenvalue weighted by molar-refractivity contribution is 5.83. The number of anilines is 1. The molecule has 128 valence electrons. The van der Waals surface area contributed by atoms with Gasteiger partial charge in [-0.3, -0.25) is 10.1 Å². The van der Waals surface area contributed by atoms with Crippen LogP contribution >= 0.6 is 0 Å². The van der Waals surface area contributed by atoms with Gasteiger partial charge in [0.1, 0.15) is 5.69 Å². The monoisotopic (exact) mass is 338 g/mol. The lowest BCUT2D eigenvalue weighted by Crippen LogP contribution is -2.13. The number of hydrogen-bond acceptors (Lipinski definition) is 5. The summed E-state index contributed by atoms with van der Waals surface area (Å²) in [7, 11) is 0. The van der Waals surface area contributed by atoms with Crippen LogP contribution in [0.2, 0.25) is 0 Å². The van der Waals surface area contributed by atoms with Gasteiger partial charge >= 0.3 is 0 Å². The molecule has 0 aliphatic heterocycles. The largest absolute Gasteiger partial charge is 0.392 e. The van der Waals surface area contributed by atoms with E-state index < -0.39 is 11.0 Å². The van der Waals surface area contributed by atoms with E-state index >= 15 is 0 Å². The fraction of sp³-hybridized carbons (Fsp3) is 0.158. The van der Waals surface area contributed by atoms with Crippen LogP contribution in [0.3, 0.4) is 0 Å². The standard InChI is InChI=1S/C19H18N2O4/c22-12-13-5-8-18(21(24)25)17(9-13)20-11-19(23)16-7-6-14-3-1-2-4-15(14)10-16/h1-10,19-20,22-23H,11-12H2. The number of nitrogens with one attached hydrogen (secondary N) is 1. The maximum atomic E-state index is 11.1. The quantitative estimate of drug-likeness (QED) is 0.473. The zero-order chi connectivity index (χ0) is 17.8. The molecule has 0 aromatic heterocycles. The average molecular weight is 338 g/mol. The van der Waals surface area contributed by atoms with Crippen molar-refractivity contribution >= 4 is 22.1 Å². The highest BCUT2D eigenvalue weighted by Gasteiger charge is 2.16. The van der Waals surface area contributed by atoms with Crippen LogP contribution in [-0.2, 0) is 6.61 Å². The number of fused-ring (bicyclic) bond motifs is 1. The lowest BCUT2D eigenvalue weighted by molar-refractivity contribution is -0.384. The Hall–Kier alpha value is -2.96. The fourth-order valence-electron chi connectivity index (χ4n) is 2.72. The molecule has 0 fully saturated rings. The van der Waals surface area contributed by atoms with E-state index in [9.17, 15) is 20.3 Å². The van der Waals surface area contributed by atoms with Crippen LogP contribution in [-0.4, -0.2) is 21.7 Å². The van der Waals surface area contributed by atoms with Crippen molar-refractivity contribution in [2.24, 2.45) is 0 Å². The lowest BCUT2D eigenvalue weighted by Gasteiger charge is -2.14. The summed E-state index contributed by atoms with van der Waals surface area (Å²) < 4.78 is 0. The minimum atomic E-state index is -0.818. The molecule has 0 bridgehead atoms. The van der Waals surface area contributed by atoms with Gasteiger partial charge in [0.25, 0.3) is 5.69 Å². The molecule has 0 saturated carbocycles. The van der Waals surface area contributed by atoms with E-state index in [1.165, 1.54) is 18.2 Å². The second-order valence-electron chi connectivity index (χ2n) is 5.77. The molecule has 3 aromatic rings. The minimum Gasteiger partial charge on any atom is -0.392 e. The van der Waals surface area contributed by atoms with Crippen molar-refractivity contribution in [3.05, 3.63) is 81.9 Å². The third-order valence-corrected chi connectivity index (χ3v) is 4.08. The van der Waals surface area contributed by atoms with E-state index in [1.807, 2.05) is 42.5 Å². The molecule has 25 heavy (non-hydrogen) atoms. The van der Waals surface area contributed by atoms with E-state index in [0.717, 1.165) is 16.3 Å². The first-order chi connectivity index (χ1) is 12.1. The minimum absolute atomic E-state index is 0.0945. The van der Waals surface area contributed by atoms with E-state index in [1.54, 1.807) is 0 Å². The Kier molecular flexibility index (Phi) is 4.92. The van der Waals surface area contributed by atoms with Crippen molar-refractivity contribution in [3.63, 3.8) is 0 Å². The van der Waals surface area contributed by atoms with E-state index in [4.69, 9.17) is 0 Å². The number of aliphatic hydroxyl groups is 2. The van der Waals surface area contributed by atoms with Gasteiger partial charge < -0.3 is 15.5 Å². The number of aliphatic hydroxyl groups excluding tert-OH is 2. The molecular weight excluding hydrogens is 320 g/mol. The number of benzene rings is 3. The third-order valence-electron chi connectivity index (χ3n) is 4.08. The molecule has 1 unspecified atom stereocenters. The van der Waals surface area contributed by atoms with Crippen LogP contribution in [0.4, 0.5) is 11.4 Å². The topological polar surface area (TPSA) is 95.6 Å². The molecule has 0 aliphatic rings. The Balaban J connectivity index is 1.79. The van der Waals surface area contributed by atoms with Crippen LogP contribution in [0.5, 0.6) is 0 Å². The molecule has 3 rings (SSSR count). The lowest BCUT2D eigenvalue weighted by atomic mass is 10.0. The molecule has 6 heteroatoms. The molecule has 1 atom stereocenters. The number of rotatable bonds is 6. The highest BCUT2D eigenvalue weighted by Crippen LogP contribution is 2.27. The SMILES string of the molecule is O=[N+]([O-])c1ccc(CO)cc1NCC(O)c1ccc2ccccc2c1. The second-order valence-corrected chi connectivity index (χ2v) is 5.77. The number of nitro groups is 1. The first-order valence-electron chi connectivity index (χ1n) is 7.87. The van der Waals surface area contributed by atoms with Crippen molar-refractivity contribution < 1.29 is 15.1 Å². The van der Waals surface area contributed by atoms with Gasteiger partial charge in [-0.25, -0.2) is 0 Å². The van der Waals surface area contributed by atoms with E-state index in [2.05, 4.69) is 5.32 Å². The Morgan fingerprint density at radius 1 is 1.04 bits per heavy atom. The average Bonchev–Trinajstić information content (AvgIpc) is 2.65. The predicted molar refractivity (Wildman–Crippen MR) is 96.4 cm³/mol. The molecule has 0 saturated heterocycles. The van der Waals surface area contributed by atoms with Crippen LogP contribution in [0, 0.1) is 10.1 Å². The molecule has 0 radical (unpaired) electrons. The first kappa shape index (κ1) is 16.9. The molecule has 0 spiro atoms. The van der Waals surface area contributed by atoms with Gasteiger partial charge in [-0.2, -0.15) is 0 Å². The van der Waals surface area contributed by atoms with Gasteiger partial charge in [-0.15, -0.1) is 0 Å². The van der Waals surface area contributed by atoms with Crippen molar-refractivity contribution in [2.45, 2.75) is 12.7 Å². The Morgan fingerprint density at radius 3 is 2.52 bits per heavy atom. The summed E-state index contributed by atoms with van der Waals surface area (Å²) in [5.74, 6) is 0. The van der Waals surface area contributed by atoms with Gasteiger partial charge in [0.15, 0.2) is 0 Å². The number of nitro benzene ring substituents is 1. The fourth-order valence-corrected chi connectivity index (χ4v) is 2.72. The molecular formula is C19H18N2O4. The van der Waals surface area contributed by atoms with Gasteiger partial charge in [0.05, 0.1) is 17.6 Å². The first-order valence-corrected chi connectivity index (χ1v) is 7.87. The molecule has 0 amide bonds. The van der Waals surface area contributed by atoms with Crippen LogP contribution < -0.4 is 5.32 Å². The van der Waals surface area contributed by atoms with Crippen molar-refractivity contribution in [3.8, 4) is 0 Å². The zero-order valence-electron chi connectivity index (χ0n) is 13.4. The summed E-state index contributed by atoms with van der Waals surface area (Å²) in [6.07, 6.45) is -0.818. The summed E-state index contributed by atoms with van der Waals surface area (Å²) >= 11 is 0. The number of nitrogens with zero attached hydrogens (tertiary/aromatic N) is 1. The third kappa shape index (κ3) is 3.76. The van der Waals surface area contributed by atoms with Crippen LogP contribution in [0.25, 0.3) is 10.8 Å². The van der Waals surface area contributed by atoms with Crippen LogP contribution in [0.1, 0.15) is 17.2 Å². The zero-order valence-corrected chi connectivity index (χ0v) is 13.4. The smallest absolute Gasteiger partial charge is 0.292 e. The Bertz CT molecular complexity index is 911. The summed E-state index contributed by atoms with van der Waals surface area (Å²) in [5.41, 5.74) is 1.47. The van der Waals surface area contributed by atoms with E-state index in [0.29, 0.717) is 5.56 Å². The number of hydrogen-bond donors (Lipinski definition) is 3. The van der Waals surface area contributed by atoms with Gasteiger partial charge in [-0.1, -0.05) is 36.4 Å². The van der Waals surface area contributed by atoms with Crippen LogP contribution in [0.15, 0.2) is 60.7 Å².